The highest BCUT2D eigenvalue weighted by Crippen LogP contribution is 2.36. The lowest BCUT2D eigenvalue weighted by atomic mass is 10.2. The molecule has 6 heteroatoms. The number of para-hydroxylation sites is 2. The number of rotatable bonds is 1. The third-order valence-corrected chi connectivity index (χ3v) is 3.06. The SMILES string of the molecule is Fc1cc(F)c(N2CCCOc3ccccc32)nc1F. The van der Waals surface area contributed by atoms with E-state index in [4.69, 9.17) is 4.74 Å². The summed E-state index contributed by atoms with van der Waals surface area (Å²) in [7, 11) is 0. The van der Waals surface area contributed by atoms with Crippen LogP contribution in [0, 0.1) is 17.6 Å². The average Bonchev–Trinajstić information content (AvgIpc) is 2.65. The molecule has 0 amide bonds. The van der Waals surface area contributed by atoms with Crippen molar-refractivity contribution in [1.29, 1.82) is 0 Å². The largest absolute Gasteiger partial charge is 0.491 e. The summed E-state index contributed by atoms with van der Waals surface area (Å²) < 4.78 is 45.7. The highest BCUT2D eigenvalue weighted by molar-refractivity contribution is 5.67. The van der Waals surface area contributed by atoms with Gasteiger partial charge in [-0.05, 0) is 18.6 Å². The van der Waals surface area contributed by atoms with Gasteiger partial charge in [-0.25, -0.2) is 8.78 Å². The fourth-order valence-electron chi connectivity index (χ4n) is 2.17. The Kier molecular flexibility index (Phi) is 3.22. The number of benzene rings is 1. The molecular formula is C14H11F3N2O. The topological polar surface area (TPSA) is 25.4 Å². The van der Waals surface area contributed by atoms with Crippen LogP contribution in [0.1, 0.15) is 6.42 Å². The fourth-order valence-corrected chi connectivity index (χ4v) is 2.17. The zero-order chi connectivity index (χ0) is 14.1. The minimum Gasteiger partial charge on any atom is -0.491 e. The Morgan fingerprint density at radius 3 is 2.75 bits per heavy atom. The van der Waals surface area contributed by atoms with Gasteiger partial charge in [0, 0.05) is 12.6 Å². The Labute approximate surface area is 113 Å². The van der Waals surface area contributed by atoms with Gasteiger partial charge >= 0.3 is 0 Å². The smallest absolute Gasteiger partial charge is 0.251 e. The van der Waals surface area contributed by atoms with Gasteiger partial charge in [0.2, 0.25) is 0 Å². The zero-order valence-corrected chi connectivity index (χ0v) is 10.4. The molecule has 3 nitrogen and oxygen atoms in total. The van der Waals surface area contributed by atoms with E-state index in [9.17, 15) is 13.2 Å². The zero-order valence-electron chi connectivity index (χ0n) is 10.4. The molecule has 0 spiro atoms. The second-order valence-electron chi connectivity index (χ2n) is 4.39. The van der Waals surface area contributed by atoms with E-state index in [0.29, 0.717) is 37.1 Å². The van der Waals surface area contributed by atoms with Crippen molar-refractivity contribution in [2.45, 2.75) is 6.42 Å². The fraction of sp³-hybridized carbons (Fsp3) is 0.214. The van der Waals surface area contributed by atoms with Crippen LogP contribution >= 0.6 is 0 Å². The molecule has 3 rings (SSSR count). The third-order valence-electron chi connectivity index (χ3n) is 3.06. The molecule has 0 saturated carbocycles. The van der Waals surface area contributed by atoms with Crippen molar-refractivity contribution >= 4 is 11.5 Å². The Hall–Kier alpha value is -2.24. The second-order valence-corrected chi connectivity index (χ2v) is 4.39. The summed E-state index contributed by atoms with van der Waals surface area (Å²) in [4.78, 5) is 4.89. The number of fused-ring (bicyclic) bond motifs is 1. The number of hydrogen-bond acceptors (Lipinski definition) is 3. The van der Waals surface area contributed by atoms with Crippen LogP contribution in [-0.4, -0.2) is 18.1 Å². The van der Waals surface area contributed by atoms with E-state index in [1.54, 1.807) is 24.3 Å². The lowest BCUT2D eigenvalue weighted by molar-refractivity contribution is 0.322. The van der Waals surface area contributed by atoms with Crippen LogP contribution in [0.3, 0.4) is 0 Å². The van der Waals surface area contributed by atoms with Crippen LogP contribution in [-0.2, 0) is 0 Å². The Morgan fingerprint density at radius 2 is 1.90 bits per heavy atom. The minimum absolute atomic E-state index is 0.234. The molecule has 1 aliphatic rings. The standard InChI is InChI=1S/C14H11F3N2O/c15-9-8-10(16)14(18-13(9)17)19-6-3-7-20-12-5-2-1-4-11(12)19/h1-2,4-5,8H,3,6-7H2. The summed E-state index contributed by atoms with van der Waals surface area (Å²) >= 11 is 0. The number of halogens is 3. The molecule has 0 aliphatic carbocycles. The van der Waals surface area contributed by atoms with Gasteiger partial charge in [-0.2, -0.15) is 9.37 Å². The molecule has 0 bridgehead atoms. The molecule has 0 saturated heterocycles. The number of pyridine rings is 1. The summed E-state index contributed by atoms with van der Waals surface area (Å²) in [5.41, 5.74) is 0.586. The van der Waals surface area contributed by atoms with Crippen molar-refractivity contribution in [3.8, 4) is 5.75 Å². The highest BCUT2D eigenvalue weighted by Gasteiger charge is 2.23. The lowest BCUT2D eigenvalue weighted by Gasteiger charge is -2.23. The van der Waals surface area contributed by atoms with Crippen LogP contribution in [0.5, 0.6) is 5.75 Å². The van der Waals surface area contributed by atoms with Crippen LogP contribution in [0.25, 0.3) is 0 Å². The first-order chi connectivity index (χ1) is 9.66. The van der Waals surface area contributed by atoms with Gasteiger partial charge in [0.15, 0.2) is 17.5 Å². The van der Waals surface area contributed by atoms with Crippen LogP contribution in [0.4, 0.5) is 24.7 Å². The molecule has 0 N–H and O–H groups in total. The molecule has 0 radical (unpaired) electrons. The molecule has 0 unspecified atom stereocenters. The molecule has 0 atom stereocenters. The summed E-state index contributed by atoms with van der Waals surface area (Å²) in [6.45, 7) is 0.880. The van der Waals surface area contributed by atoms with Gasteiger partial charge in [0.05, 0.1) is 12.3 Å². The van der Waals surface area contributed by atoms with Crippen molar-refractivity contribution in [3.05, 3.63) is 47.9 Å². The molecule has 20 heavy (non-hydrogen) atoms. The van der Waals surface area contributed by atoms with E-state index in [-0.39, 0.29) is 5.82 Å². The van der Waals surface area contributed by atoms with E-state index in [1.807, 2.05) is 0 Å². The molecule has 2 heterocycles. The lowest BCUT2D eigenvalue weighted by Crippen LogP contribution is -2.21. The number of aromatic nitrogens is 1. The third kappa shape index (κ3) is 2.17. The van der Waals surface area contributed by atoms with Crippen molar-refractivity contribution in [1.82, 2.24) is 4.98 Å². The van der Waals surface area contributed by atoms with Gasteiger partial charge in [-0.1, -0.05) is 12.1 Å². The monoisotopic (exact) mass is 280 g/mol. The van der Waals surface area contributed by atoms with Crippen molar-refractivity contribution in [2.75, 3.05) is 18.1 Å². The van der Waals surface area contributed by atoms with Crippen molar-refractivity contribution in [2.24, 2.45) is 0 Å². The van der Waals surface area contributed by atoms with Gasteiger partial charge in [-0.3, -0.25) is 0 Å². The van der Waals surface area contributed by atoms with Crippen molar-refractivity contribution in [3.63, 3.8) is 0 Å². The summed E-state index contributed by atoms with van der Waals surface area (Å²) in [5, 5.41) is 0. The highest BCUT2D eigenvalue weighted by atomic mass is 19.2. The van der Waals surface area contributed by atoms with E-state index in [1.165, 1.54) is 4.90 Å². The molecule has 0 fully saturated rings. The van der Waals surface area contributed by atoms with Crippen LogP contribution in [0.15, 0.2) is 30.3 Å². The molecule has 1 aromatic heterocycles. The van der Waals surface area contributed by atoms with Gasteiger partial charge in [0.1, 0.15) is 5.75 Å². The number of hydrogen-bond donors (Lipinski definition) is 0. The van der Waals surface area contributed by atoms with E-state index < -0.39 is 17.6 Å². The van der Waals surface area contributed by atoms with Gasteiger partial charge in [-0.15, -0.1) is 0 Å². The van der Waals surface area contributed by atoms with E-state index >= 15 is 0 Å². The Balaban J connectivity index is 2.12. The van der Waals surface area contributed by atoms with E-state index in [2.05, 4.69) is 4.98 Å². The summed E-state index contributed by atoms with van der Waals surface area (Å²) in [6.07, 6.45) is 0.620. The Morgan fingerprint density at radius 1 is 1.10 bits per heavy atom. The van der Waals surface area contributed by atoms with Crippen molar-refractivity contribution < 1.29 is 17.9 Å². The molecular weight excluding hydrogens is 269 g/mol. The van der Waals surface area contributed by atoms with Gasteiger partial charge in [0.25, 0.3) is 5.95 Å². The molecule has 1 aliphatic heterocycles. The summed E-state index contributed by atoms with van der Waals surface area (Å²) in [6, 6.07) is 7.52. The normalized spacial score (nSPS) is 14.4. The second kappa shape index (κ2) is 5.03. The first-order valence-corrected chi connectivity index (χ1v) is 6.18. The maximum Gasteiger partial charge on any atom is 0.251 e. The Bertz CT molecular complexity index is 648. The van der Waals surface area contributed by atoms with Crippen LogP contribution < -0.4 is 9.64 Å². The maximum absolute atomic E-state index is 13.9. The first kappa shape index (κ1) is 12.8. The van der Waals surface area contributed by atoms with Gasteiger partial charge < -0.3 is 9.64 Å². The predicted octanol–water partition coefficient (Wildman–Crippen LogP) is 3.42. The minimum atomic E-state index is -1.32. The number of anilines is 2. The molecule has 104 valence electrons. The molecule has 2 aromatic rings. The molecule has 1 aromatic carbocycles. The average molecular weight is 280 g/mol. The maximum atomic E-state index is 13.9. The first-order valence-electron chi connectivity index (χ1n) is 6.18. The number of ether oxygens (including phenoxy) is 1. The quantitative estimate of drug-likeness (QED) is 0.748. The summed E-state index contributed by atoms with van der Waals surface area (Å²) in [5.74, 6) is -3.19. The van der Waals surface area contributed by atoms with Crippen LogP contribution in [0.2, 0.25) is 0 Å². The van der Waals surface area contributed by atoms with E-state index in [0.717, 1.165) is 0 Å². The predicted molar refractivity (Wildman–Crippen MR) is 67.7 cm³/mol. The number of nitrogens with zero attached hydrogens (tertiary/aromatic N) is 2.